The summed E-state index contributed by atoms with van der Waals surface area (Å²) in [5, 5.41) is 0. The van der Waals surface area contributed by atoms with Gasteiger partial charge in [-0.2, -0.15) is 0 Å². The van der Waals surface area contributed by atoms with Crippen LogP contribution in [-0.4, -0.2) is 21.9 Å². The summed E-state index contributed by atoms with van der Waals surface area (Å²) in [7, 11) is 0. The zero-order chi connectivity index (χ0) is 0. The van der Waals surface area contributed by atoms with E-state index in [4.69, 9.17) is 0 Å². The molecule has 0 radical (unpaired) electrons. The van der Waals surface area contributed by atoms with E-state index in [2.05, 4.69) is 0 Å². The zero-order valence-corrected chi connectivity index (χ0v) is 7.52. The van der Waals surface area contributed by atoms with E-state index in [0.717, 1.165) is 0 Å². The molecule has 6 heavy (non-hydrogen) atoms. The van der Waals surface area contributed by atoms with Crippen LogP contribution in [0, 0.1) is 0 Å². The van der Waals surface area contributed by atoms with E-state index in [0.29, 0.717) is 0 Å². The Balaban J connectivity index is 0. The van der Waals surface area contributed by atoms with E-state index in [1.165, 1.54) is 0 Å². The van der Waals surface area contributed by atoms with Gasteiger partial charge in [-0.05, 0) is 0 Å². The minimum atomic E-state index is 0. The monoisotopic (exact) mass is 181 g/mol. The van der Waals surface area contributed by atoms with Crippen molar-refractivity contribution < 1.29 is 64.5 Å². The van der Waals surface area contributed by atoms with Gasteiger partial charge in [-0.15, -0.1) is 0 Å². The van der Waals surface area contributed by atoms with Crippen molar-refractivity contribution in [2.24, 2.45) is 0 Å². The zero-order valence-electron chi connectivity index (χ0n) is 4.00. The molecule has 38 valence electrons. The maximum Gasteiger partial charge on any atom is 1.00 e. The minimum Gasteiger partial charge on any atom is -0.870 e. The Labute approximate surface area is 64.7 Å². The molecule has 0 saturated carbocycles. The Morgan fingerprint density at radius 2 is 0.667 bits per heavy atom. The Morgan fingerprint density at radius 1 is 0.667 bits per heavy atom. The predicted octanol–water partition coefficient (Wildman–Crippen LogP) is -0.600. The molecule has 0 bridgehead atoms. The molecule has 0 aliphatic heterocycles. The first-order valence-electron chi connectivity index (χ1n) is 0. The third-order valence-corrected chi connectivity index (χ3v) is 0. The summed E-state index contributed by atoms with van der Waals surface area (Å²) in [6.07, 6.45) is 0. The Morgan fingerprint density at radius 3 is 0.667 bits per heavy atom. The average molecular weight is 182 g/mol. The topological polar surface area (TPSA) is 120 Å². The second-order valence-electron chi connectivity index (χ2n) is 0. The summed E-state index contributed by atoms with van der Waals surface area (Å²) in [4.78, 5) is 0. The van der Waals surface area contributed by atoms with Crippen LogP contribution in [0.4, 0.5) is 0 Å². The molecule has 0 aliphatic rings. The minimum absolute atomic E-state index is 0. The number of hydrogen-bond acceptors (Lipinski definition) is 4. The summed E-state index contributed by atoms with van der Waals surface area (Å²) in [6.45, 7) is 0. The Hall–Kier alpha value is 1.18. The van der Waals surface area contributed by atoms with Crippen LogP contribution in [0.1, 0.15) is 1.43 Å². The fourth-order valence-corrected chi connectivity index (χ4v) is 0. The third kappa shape index (κ3) is 65.2. The molecule has 0 aromatic rings. The van der Waals surface area contributed by atoms with Crippen molar-refractivity contribution >= 4 is 0 Å². The molecule has 4 nitrogen and oxygen atoms in total. The molecule has 0 fully saturated rings. The fourth-order valence-electron chi connectivity index (χ4n) is 0. The van der Waals surface area contributed by atoms with Crippen LogP contribution in [-0.2, 0) is 41.2 Å². The van der Waals surface area contributed by atoms with Crippen molar-refractivity contribution in [1.82, 2.24) is 0 Å². The molecule has 0 atom stereocenters. The second kappa shape index (κ2) is 119. The van der Waals surface area contributed by atoms with Crippen molar-refractivity contribution in [3.05, 3.63) is 0 Å². The van der Waals surface area contributed by atoms with Crippen molar-refractivity contribution in [2.75, 3.05) is 0 Å². The standard InChI is InChI=1S/4H2O.Ti.Zn/h4*1H2;;/p-3. The first kappa shape index (κ1) is 198. The smallest absolute Gasteiger partial charge is 0.870 e. The van der Waals surface area contributed by atoms with Gasteiger partial charge >= 0.3 is 1.43 Å². The molecular weight excluding hydrogens is 177 g/mol. The van der Waals surface area contributed by atoms with Gasteiger partial charge in [0.25, 0.3) is 0 Å². The summed E-state index contributed by atoms with van der Waals surface area (Å²) in [5.74, 6) is 0. The molecule has 0 unspecified atom stereocenters. The van der Waals surface area contributed by atoms with E-state index in [1.807, 2.05) is 0 Å². The van der Waals surface area contributed by atoms with Crippen LogP contribution in [0.2, 0.25) is 0 Å². The Kier molecular flexibility index (Phi) is 3930. The maximum atomic E-state index is 0. The molecule has 0 amide bonds. The molecule has 0 aliphatic carbocycles. The summed E-state index contributed by atoms with van der Waals surface area (Å²) < 4.78 is 0. The van der Waals surface area contributed by atoms with Crippen molar-refractivity contribution in [3.8, 4) is 0 Å². The van der Waals surface area contributed by atoms with E-state index >= 15 is 0 Å². The first-order chi connectivity index (χ1) is 0. The molecular formula is H5O4TiZn-3. The normalized spacial score (nSPS) is 0. The van der Waals surface area contributed by atoms with Gasteiger partial charge in [-0.1, -0.05) is 0 Å². The van der Waals surface area contributed by atoms with Crippen molar-refractivity contribution in [3.63, 3.8) is 0 Å². The summed E-state index contributed by atoms with van der Waals surface area (Å²) in [5.41, 5.74) is 0. The van der Waals surface area contributed by atoms with Gasteiger partial charge in [0.05, 0.1) is 0 Å². The van der Waals surface area contributed by atoms with E-state index in [-0.39, 0.29) is 64.5 Å². The van der Waals surface area contributed by atoms with Gasteiger partial charge in [-0.3, -0.25) is 0 Å². The quantitative estimate of drug-likeness (QED) is 0.464. The van der Waals surface area contributed by atoms with Crippen molar-refractivity contribution in [2.45, 2.75) is 0 Å². The van der Waals surface area contributed by atoms with Crippen LogP contribution in [0.5, 0.6) is 0 Å². The third-order valence-electron chi connectivity index (χ3n) is 0. The van der Waals surface area contributed by atoms with Gasteiger partial charge in [0.1, 0.15) is 0 Å². The largest absolute Gasteiger partial charge is 1.00 e. The van der Waals surface area contributed by atoms with Crippen LogP contribution in [0.25, 0.3) is 0 Å². The van der Waals surface area contributed by atoms with Gasteiger partial charge in [-0.25, -0.2) is 0 Å². The van der Waals surface area contributed by atoms with Crippen LogP contribution >= 0.6 is 0 Å². The van der Waals surface area contributed by atoms with E-state index in [1.54, 1.807) is 0 Å². The molecule has 0 aromatic heterocycles. The molecule has 0 rings (SSSR count). The molecule has 6 heteroatoms. The molecule has 0 spiro atoms. The molecule has 0 heterocycles. The number of hydrogen-bond donors (Lipinski definition) is 0. The van der Waals surface area contributed by atoms with E-state index in [9.17, 15) is 0 Å². The van der Waals surface area contributed by atoms with Crippen LogP contribution < -0.4 is 0 Å². The second-order valence-corrected chi connectivity index (χ2v) is 0. The van der Waals surface area contributed by atoms with E-state index < -0.39 is 0 Å². The molecule has 4 N–H and O–H groups in total. The fraction of sp³-hybridized carbons (Fsp3) is 0. The number of rotatable bonds is 0. The van der Waals surface area contributed by atoms with Crippen LogP contribution in [0.3, 0.4) is 0 Å². The van der Waals surface area contributed by atoms with Crippen LogP contribution in [0.15, 0.2) is 0 Å². The maximum absolute atomic E-state index is 0. The van der Waals surface area contributed by atoms with Gasteiger partial charge in [0.2, 0.25) is 0 Å². The van der Waals surface area contributed by atoms with Gasteiger partial charge < -0.3 is 21.9 Å². The summed E-state index contributed by atoms with van der Waals surface area (Å²) >= 11 is 0. The van der Waals surface area contributed by atoms with Crippen molar-refractivity contribution in [1.29, 1.82) is 0 Å². The summed E-state index contributed by atoms with van der Waals surface area (Å²) in [6, 6.07) is 0. The van der Waals surface area contributed by atoms with Gasteiger partial charge in [0, 0.05) is 41.2 Å². The average Bonchev–Trinajstić information content (AvgIpc) is 0. The SMILES string of the molecule is [H+].[OH-].[OH-].[OH-].[OH-].[Ti].[Zn]. The first-order valence-corrected chi connectivity index (χ1v) is 0. The predicted molar refractivity (Wildman–Crippen MR) is 8.86 cm³/mol. The molecule has 0 aromatic carbocycles. The molecule has 0 saturated heterocycles. The van der Waals surface area contributed by atoms with Gasteiger partial charge in [0.15, 0.2) is 0 Å². The Bertz CT molecular complexity index is 11.7.